The monoisotopic (exact) mass is 293 g/mol. The third-order valence-electron chi connectivity index (χ3n) is 3.92. The first-order chi connectivity index (χ1) is 9.80. The summed E-state index contributed by atoms with van der Waals surface area (Å²) < 4.78 is 7.35. The molecule has 1 aliphatic rings. The van der Waals surface area contributed by atoms with Crippen LogP contribution >= 0.6 is 0 Å². The van der Waals surface area contributed by atoms with Gasteiger partial charge in [0.05, 0.1) is 11.3 Å². The zero-order valence-electron chi connectivity index (χ0n) is 12.1. The first-order valence-corrected chi connectivity index (χ1v) is 6.83. The minimum atomic E-state index is -1.26. The molecule has 114 valence electrons. The Bertz CT molecular complexity index is 664. The van der Waals surface area contributed by atoms with E-state index in [2.05, 4.69) is 9.97 Å². The van der Waals surface area contributed by atoms with E-state index in [0.29, 0.717) is 5.65 Å². The molecule has 0 radical (unpaired) electrons. The van der Waals surface area contributed by atoms with Gasteiger partial charge in [0.1, 0.15) is 30.3 Å². The van der Waals surface area contributed by atoms with Crippen molar-refractivity contribution in [1.82, 2.24) is 14.5 Å². The molecule has 0 unspecified atom stereocenters. The molecule has 3 heterocycles. The maximum Gasteiger partial charge on any atom is 0.164 e. The quantitative estimate of drug-likeness (QED) is 0.727. The van der Waals surface area contributed by atoms with Gasteiger partial charge in [0.2, 0.25) is 0 Å². The number of nitrogens with zero attached hydrogens (tertiary/aromatic N) is 3. The van der Waals surface area contributed by atoms with Gasteiger partial charge in [-0.15, -0.1) is 0 Å². The van der Waals surface area contributed by atoms with Crippen LogP contribution in [0.2, 0.25) is 0 Å². The molecular weight excluding hydrogens is 274 g/mol. The van der Waals surface area contributed by atoms with Crippen molar-refractivity contribution in [3.8, 4) is 0 Å². The second-order valence-corrected chi connectivity index (χ2v) is 6.00. The van der Waals surface area contributed by atoms with Crippen molar-refractivity contribution >= 4 is 11.0 Å². The van der Waals surface area contributed by atoms with E-state index in [9.17, 15) is 15.3 Å². The summed E-state index contributed by atoms with van der Waals surface area (Å²) in [4.78, 5) is 8.33. The van der Waals surface area contributed by atoms with Crippen molar-refractivity contribution in [3.63, 3.8) is 0 Å². The van der Waals surface area contributed by atoms with E-state index in [1.807, 2.05) is 13.0 Å². The predicted molar refractivity (Wildman–Crippen MR) is 74.5 cm³/mol. The van der Waals surface area contributed by atoms with Crippen LogP contribution in [0.5, 0.6) is 0 Å². The summed E-state index contributed by atoms with van der Waals surface area (Å²) in [5.41, 5.74) is 0.184. The van der Waals surface area contributed by atoms with Crippen molar-refractivity contribution in [1.29, 1.82) is 0 Å². The second kappa shape index (κ2) is 4.74. The summed E-state index contributed by atoms with van der Waals surface area (Å²) in [5.74, 6) is 0. The molecule has 0 amide bonds. The van der Waals surface area contributed by atoms with Gasteiger partial charge in [-0.2, -0.15) is 0 Å². The summed E-state index contributed by atoms with van der Waals surface area (Å²) in [6.45, 7) is 4.95. The molecule has 7 heteroatoms. The van der Waals surface area contributed by atoms with Crippen molar-refractivity contribution < 1.29 is 20.1 Å². The molecular formula is C14H19N3O4. The first-order valence-electron chi connectivity index (χ1n) is 6.83. The minimum absolute atomic E-state index is 0.621. The van der Waals surface area contributed by atoms with Gasteiger partial charge < -0.3 is 24.6 Å². The Morgan fingerprint density at radius 1 is 1.24 bits per heavy atom. The molecule has 1 saturated heterocycles. The number of hydrogen-bond donors (Lipinski definition) is 3. The highest BCUT2D eigenvalue weighted by Crippen LogP contribution is 2.36. The van der Waals surface area contributed by atoms with Crippen LogP contribution in [-0.4, -0.2) is 53.8 Å². The van der Waals surface area contributed by atoms with Crippen LogP contribution in [0.4, 0.5) is 0 Å². The highest BCUT2D eigenvalue weighted by molar-refractivity contribution is 5.78. The number of aliphatic hydroxyl groups is 3. The van der Waals surface area contributed by atoms with Crippen LogP contribution < -0.4 is 0 Å². The van der Waals surface area contributed by atoms with Crippen LogP contribution in [0.3, 0.4) is 0 Å². The Balaban J connectivity index is 2.02. The third kappa shape index (κ3) is 2.22. The summed E-state index contributed by atoms with van der Waals surface area (Å²) >= 11 is 0. The lowest BCUT2D eigenvalue weighted by Gasteiger charge is -2.27. The van der Waals surface area contributed by atoms with E-state index in [-0.39, 0.29) is 0 Å². The minimum Gasteiger partial charge on any atom is -0.388 e. The molecule has 2 aromatic rings. The number of hydrogen-bond acceptors (Lipinski definition) is 6. The van der Waals surface area contributed by atoms with Crippen LogP contribution in [0.25, 0.3) is 11.0 Å². The molecule has 1 fully saturated rings. The number of aliphatic hydroxyl groups excluding tert-OH is 2. The molecule has 2 aromatic heterocycles. The van der Waals surface area contributed by atoms with E-state index in [4.69, 9.17) is 4.74 Å². The molecule has 3 rings (SSSR count). The number of aryl methyl sites for hydroxylation is 1. The Morgan fingerprint density at radius 2 is 1.95 bits per heavy atom. The number of fused-ring (bicyclic) bond motifs is 1. The maximum atomic E-state index is 10.2. The van der Waals surface area contributed by atoms with Gasteiger partial charge in [-0.05, 0) is 26.8 Å². The van der Waals surface area contributed by atoms with E-state index in [1.165, 1.54) is 20.2 Å². The van der Waals surface area contributed by atoms with Gasteiger partial charge in [0, 0.05) is 11.6 Å². The zero-order chi connectivity index (χ0) is 15.4. The smallest absolute Gasteiger partial charge is 0.164 e. The average Bonchev–Trinajstić information content (AvgIpc) is 2.93. The number of rotatable bonds is 2. The van der Waals surface area contributed by atoms with Crippen LogP contribution in [0, 0.1) is 6.92 Å². The Labute approximate surface area is 121 Å². The molecule has 7 nitrogen and oxygen atoms in total. The predicted octanol–water partition coefficient (Wildman–Crippen LogP) is 0.130. The normalized spacial score (nSPS) is 30.2. The van der Waals surface area contributed by atoms with Gasteiger partial charge in [0.25, 0.3) is 0 Å². The first kappa shape index (κ1) is 14.4. The summed E-state index contributed by atoms with van der Waals surface area (Å²) in [7, 11) is 0. The fourth-order valence-corrected chi connectivity index (χ4v) is 2.78. The highest BCUT2D eigenvalue weighted by atomic mass is 16.6. The lowest BCUT2D eigenvalue weighted by atomic mass is 9.96. The van der Waals surface area contributed by atoms with Gasteiger partial charge in [0.15, 0.2) is 6.23 Å². The van der Waals surface area contributed by atoms with Crippen molar-refractivity contribution in [2.75, 3.05) is 0 Å². The van der Waals surface area contributed by atoms with Gasteiger partial charge in [-0.25, -0.2) is 9.97 Å². The van der Waals surface area contributed by atoms with E-state index in [0.717, 1.165) is 11.1 Å². The van der Waals surface area contributed by atoms with Crippen LogP contribution in [-0.2, 0) is 4.74 Å². The van der Waals surface area contributed by atoms with E-state index < -0.39 is 30.1 Å². The topological polar surface area (TPSA) is 101 Å². The molecule has 4 atom stereocenters. The number of ether oxygens (including phenoxy) is 1. The largest absolute Gasteiger partial charge is 0.388 e. The lowest BCUT2D eigenvalue weighted by Crippen LogP contribution is -2.44. The summed E-state index contributed by atoms with van der Waals surface area (Å²) in [6, 6.07) is 1.84. The van der Waals surface area contributed by atoms with E-state index in [1.54, 1.807) is 10.8 Å². The number of aromatic nitrogens is 3. The molecule has 0 bridgehead atoms. The highest BCUT2D eigenvalue weighted by Gasteiger charge is 2.49. The fraction of sp³-hybridized carbons (Fsp3) is 0.571. The fourth-order valence-electron chi connectivity index (χ4n) is 2.78. The Morgan fingerprint density at radius 3 is 2.57 bits per heavy atom. The zero-order valence-corrected chi connectivity index (χ0v) is 12.1. The van der Waals surface area contributed by atoms with Gasteiger partial charge in [-0.1, -0.05) is 0 Å². The summed E-state index contributed by atoms with van der Waals surface area (Å²) in [6.07, 6.45) is -0.817. The second-order valence-electron chi connectivity index (χ2n) is 6.00. The Kier molecular flexibility index (Phi) is 3.25. The van der Waals surface area contributed by atoms with E-state index >= 15 is 0 Å². The lowest BCUT2D eigenvalue weighted by molar-refractivity contribution is -0.122. The molecule has 0 aromatic carbocycles. The van der Waals surface area contributed by atoms with Gasteiger partial charge >= 0.3 is 0 Å². The standard InChI is InChI=1S/C14H19N3O4/c1-7-8-4-5-17(12(8)16-6-15-7)13-10(19)9(18)11(21-13)14(2,3)20/h4-6,9-11,13,18-20H,1-3H3/t9-,10+,11+,13+/m0/s1. The van der Waals surface area contributed by atoms with Crippen molar-refractivity contribution in [2.24, 2.45) is 0 Å². The Hall–Kier alpha value is -1.54. The SMILES string of the molecule is Cc1ncnc2c1ccn2[C@@H]1O[C@@H](C(C)(C)O)[C@@H](O)[C@H]1O. The molecule has 1 aliphatic heterocycles. The van der Waals surface area contributed by atoms with Gasteiger partial charge in [-0.3, -0.25) is 0 Å². The van der Waals surface area contributed by atoms with Crippen LogP contribution in [0.15, 0.2) is 18.6 Å². The molecule has 3 N–H and O–H groups in total. The van der Waals surface area contributed by atoms with Crippen molar-refractivity contribution in [3.05, 3.63) is 24.3 Å². The molecule has 0 saturated carbocycles. The maximum absolute atomic E-state index is 10.2. The van der Waals surface area contributed by atoms with Crippen molar-refractivity contribution in [2.45, 2.75) is 50.9 Å². The molecule has 0 spiro atoms. The molecule has 21 heavy (non-hydrogen) atoms. The van der Waals surface area contributed by atoms with Crippen LogP contribution in [0.1, 0.15) is 25.8 Å². The molecule has 0 aliphatic carbocycles. The average molecular weight is 293 g/mol. The summed E-state index contributed by atoms with van der Waals surface area (Å²) in [5, 5.41) is 31.3. The third-order valence-corrected chi connectivity index (χ3v) is 3.92.